The first kappa shape index (κ1) is 18.5. The molecule has 0 saturated carbocycles. The van der Waals surface area contributed by atoms with Crippen molar-refractivity contribution in [1.29, 1.82) is 0 Å². The van der Waals surface area contributed by atoms with Gasteiger partial charge in [0, 0.05) is 32.2 Å². The first-order valence-corrected chi connectivity index (χ1v) is 8.50. The van der Waals surface area contributed by atoms with Crippen LogP contribution in [0.3, 0.4) is 0 Å². The van der Waals surface area contributed by atoms with Gasteiger partial charge in [0.05, 0.1) is 12.7 Å². The fourth-order valence-corrected chi connectivity index (χ4v) is 1.94. The smallest absolute Gasteiger partial charge is 0.0604 e. The summed E-state index contributed by atoms with van der Waals surface area (Å²) in [6, 6.07) is 0.567. The van der Waals surface area contributed by atoms with E-state index in [0.29, 0.717) is 12.1 Å². The number of nitrogens with one attached hydrogen (secondary N) is 2. The summed E-state index contributed by atoms with van der Waals surface area (Å²) in [4.78, 5) is 2.34. The van der Waals surface area contributed by atoms with E-state index in [1.165, 1.54) is 11.0 Å². The third-order valence-corrected chi connectivity index (χ3v) is 3.36. The maximum atomic E-state index is 5.69. The zero-order valence-electron chi connectivity index (χ0n) is 12.1. The minimum Gasteiger partial charge on any atom is -0.377 e. The summed E-state index contributed by atoms with van der Waals surface area (Å²) >= 11 is 4.00. The number of hydrogen-bond donors (Lipinski definition) is 3. The molecule has 0 aromatic carbocycles. The van der Waals surface area contributed by atoms with Crippen molar-refractivity contribution in [2.24, 2.45) is 0 Å². The highest BCUT2D eigenvalue weighted by Crippen LogP contribution is 2.00. The molecule has 0 aromatic heterocycles. The number of likely N-dealkylation sites (N-methyl/N-ethyl adjacent to an activating group) is 1. The molecular formula is C12H29N3OS2. The van der Waals surface area contributed by atoms with Crippen LogP contribution in [0.1, 0.15) is 27.2 Å². The van der Waals surface area contributed by atoms with E-state index in [0.717, 1.165) is 39.2 Å². The largest absolute Gasteiger partial charge is 0.377 e. The van der Waals surface area contributed by atoms with E-state index < -0.39 is 0 Å². The summed E-state index contributed by atoms with van der Waals surface area (Å²) in [6.07, 6.45) is 1.39. The average Bonchev–Trinajstić information content (AvgIpc) is 2.31. The Balaban J connectivity index is 3.38. The van der Waals surface area contributed by atoms with Crippen LogP contribution in [0.5, 0.6) is 0 Å². The second-order valence-corrected chi connectivity index (χ2v) is 5.89. The molecule has 0 aliphatic rings. The predicted octanol–water partition coefficient (Wildman–Crippen LogP) is 1.79. The minimum absolute atomic E-state index is 0.317. The van der Waals surface area contributed by atoms with Crippen LogP contribution in [-0.4, -0.2) is 56.9 Å². The van der Waals surface area contributed by atoms with Gasteiger partial charge in [-0.1, -0.05) is 25.5 Å². The van der Waals surface area contributed by atoms with E-state index >= 15 is 0 Å². The van der Waals surface area contributed by atoms with Gasteiger partial charge >= 0.3 is 0 Å². The summed E-state index contributed by atoms with van der Waals surface area (Å²) in [6.45, 7) is 11.3. The number of nitrogens with zero attached hydrogens (tertiary/aromatic N) is 1. The fourth-order valence-electron chi connectivity index (χ4n) is 1.49. The number of ether oxygens (including phenoxy) is 1. The van der Waals surface area contributed by atoms with Crippen molar-refractivity contribution in [2.45, 2.75) is 39.3 Å². The molecule has 1 unspecified atom stereocenters. The monoisotopic (exact) mass is 295 g/mol. The van der Waals surface area contributed by atoms with Crippen LogP contribution >= 0.6 is 22.6 Å². The number of thiol groups is 1. The van der Waals surface area contributed by atoms with E-state index in [1.54, 1.807) is 0 Å². The van der Waals surface area contributed by atoms with Crippen LogP contribution in [-0.2, 0) is 4.74 Å². The first-order chi connectivity index (χ1) is 8.56. The Morgan fingerprint density at radius 2 is 1.94 bits per heavy atom. The lowest BCUT2D eigenvalue weighted by Crippen LogP contribution is -2.34. The molecule has 0 bridgehead atoms. The number of rotatable bonds is 12. The molecule has 0 fully saturated rings. The molecule has 0 amide bonds. The molecule has 0 radical (unpaired) electrons. The molecule has 0 rings (SSSR count). The highest BCUT2D eigenvalue weighted by molar-refractivity contribution is 8.67. The predicted molar refractivity (Wildman–Crippen MR) is 85.2 cm³/mol. The van der Waals surface area contributed by atoms with Crippen LogP contribution in [0.2, 0.25) is 0 Å². The molecule has 4 nitrogen and oxygen atoms in total. The summed E-state index contributed by atoms with van der Waals surface area (Å²) in [5.41, 5.74) is 0. The third kappa shape index (κ3) is 13.0. The van der Waals surface area contributed by atoms with Crippen LogP contribution < -0.4 is 10.0 Å². The Labute approximate surface area is 122 Å². The van der Waals surface area contributed by atoms with Crippen molar-refractivity contribution in [3.63, 3.8) is 0 Å². The lowest BCUT2D eigenvalue weighted by molar-refractivity contribution is 0.0583. The fraction of sp³-hybridized carbons (Fsp3) is 1.00. The van der Waals surface area contributed by atoms with Crippen molar-refractivity contribution in [3.05, 3.63) is 0 Å². The van der Waals surface area contributed by atoms with Crippen molar-refractivity contribution >= 4 is 22.6 Å². The molecule has 6 heteroatoms. The van der Waals surface area contributed by atoms with E-state index in [4.69, 9.17) is 4.74 Å². The van der Waals surface area contributed by atoms with E-state index in [1.807, 2.05) is 0 Å². The molecular weight excluding hydrogens is 266 g/mol. The molecule has 0 aliphatic heterocycles. The second kappa shape index (κ2) is 12.6. The SMILES string of the molecule is CC(C)NCCN(C)CCC(C)OCCNSS. The van der Waals surface area contributed by atoms with Crippen LogP contribution in [0.25, 0.3) is 0 Å². The van der Waals surface area contributed by atoms with Gasteiger partial charge in [0.25, 0.3) is 0 Å². The van der Waals surface area contributed by atoms with Gasteiger partial charge in [-0.05, 0) is 31.4 Å². The number of hydrogen-bond acceptors (Lipinski definition) is 6. The summed E-state index contributed by atoms with van der Waals surface area (Å²) in [5, 5.41) is 3.42. The lowest BCUT2D eigenvalue weighted by atomic mass is 10.2. The highest BCUT2D eigenvalue weighted by Gasteiger charge is 2.05. The van der Waals surface area contributed by atoms with Crippen LogP contribution in [0.4, 0.5) is 0 Å². The van der Waals surface area contributed by atoms with Gasteiger partial charge in [0.15, 0.2) is 0 Å². The Kier molecular flexibility index (Phi) is 12.9. The summed E-state index contributed by atoms with van der Waals surface area (Å²) in [5.74, 6) is 0. The normalized spacial score (nSPS) is 13.5. The van der Waals surface area contributed by atoms with E-state index in [9.17, 15) is 0 Å². The van der Waals surface area contributed by atoms with E-state index in [2.05, 4.69) is 54.4 Å². The molecule has 0 heterocycles. The minimum atomic E-state index is 0.317. The van der Waals surface area contributed by atoms with Gasteiger partial charge < -0.3 is 15.0 Å². The van der Waals surface area contributed by atoms with Crippen molar-refractivity contribution < 1.29 is 4.74 Å². The Morgan fingerprint density at radius 3 is 2.56 bits per heavy atom. The zero-order chi connectivity index (χ0) is 13.8. The molecule has 0 aromatic rings. The molecule has 110 valence electrons. The molecule has 1 atom stereocenters. The second-order valence-electron chi connectivity index (χ2n) is 4.87. The van der Waals surface area contributed by atoms with Gasteiger partial charge in [-0.25, -0.2) is 0 Å². The molecule has 0 saturated heterocycles. The van der Waals surface area contributed by atoms with Crippen molar-refractivity contribution in [3.8, 4) is 0 Å². The Hall–Kier alpha value is 0.540. The quantitative estimate of drug-likeness (QED) is 0.221. The summed E-state index contributed by atoms with van der Waals surface area (Å²) < 4.78 is 8.73. The van der Waals surface area contributed by atoms with Gasteiger partial charge in [0.2, 0.25) is 0 Å². The zero-order valence-corrected chi connectivity index (χ0v) is 13.8. The standard InChI is InChI=1S/C12H29N3OS2/c1-11(2)13-6-9-15(4)8-5-12(3)16-10-7-14-18-17/h11-14,17H,5-10H2,1-4H3. The maximum absolute atomic E-state index is 5.69. The topological polar surface area (TPSA) is 36.5 Å². The maximum Gasteiger partial charge on any atom is 0.0604 e. The van der Waals surface area contributed by atoms with Crippen molar-refractivity contribution in [1.82, 2.24) is 14.9 Å². The lowest BCUT2D eigenvalue weighted by Gasteiger charge is -2.20. The Bertz CT molecular complexity index is 185. The highest BCUT2D eigenvalue weighted by atomic mass is 33.1. The molecule has 0 aliphatic carbocycles. The van der Waals surface area contributed by atoms with Crippen LogP contribution in [0, 0.1) is 0 Å². The van der Waals surface area contributed by atoms with E-state index in [-0.39, 0.29) is 0 Å². The first-order valence-electron chi connectivity index (χ1n) is 6.63. The third-order valence-electron chi connectivity index (χ3n) is 2.63. The van der Waals surface area contributed by atoms with Crippen LogP contribution in [0.15, 0.2) is 0 Å². The van der Waals surface area contributed by atoms with Gasteiger partial charge in [-0.2, -0.15) is 0 Å². The molecule has 2 N–H and O–H groups in total. The summed E-state index contributed by atoms with van der Waals surface area (Å²) in [7, 11) is 3.49. The van der Waals surface area contributed by atoms with Gasteiger partial charge in [-0.15, -0.1) is 0 Å². The Morgan fingerprint density at radius 1 is 1.22 bits per heavy atom. The van der Waals surface area contributed by atoms with Crippen molar-refractivity contribution in [2.75, 3.05) is 39.8 Å². The average molecular weight is 296 g/mol. The van der Waals surface area contributed by atoms with Gasteiger partial charge in [-0.3, -0.25) is 4.72 Å². The molecule has 18 heavy (non-hydrogen) atoms. The van der Waals surface area contributed by atoms with Gasteiger partial charge in [0.1, 0.15) is 0 Å². The molecule has 0 spiro atoms.